The molecule has 1 fully saturated rings. The number of rotatable bonds is 11. The van der Waals surface area contributed by atoms with Gasteiger partial charge in [-0.3, -0.25) is 14.5 Å². The van der Waals surface area contributed by atoms with E-state index in [1.165, 1.54) is 11.8 Å². The molecule has 0 radical (unpaired) electrons. The molecule has 3 rings (SSSR count). The van der Waals surface area contributed by atoms with Gasteiger partial charge in [-0.1, -0.05) is 70.6 Å². The second-order valence-corrected chi connectivity index (χ2v) is 10.0. The summed E-state index contributed by atoms with van der Waals surface area (Å²) in [5.74, 6) is 0.531. The third-order valence-corrected chi connectivity index (χ3v) is 6.78. The van der Waals surface area contributed by atoms with Crippen molar-refractivity contribution in [2.75, 3.05) is 13.2 Å². The first-order valence-corrected chi connectivity index (χ1v) is 12.9. The zero-order valence-electron chi connectivity index (χ0n) is 18.4. The van der Waals surface area contributed by atoms with Crippen LogP contribution < -0.4 is 4.74 Å². The molecule has 8 heteroatoms. The van der Waals surface area contributed by atoms with Gasteiger partial charge in [0.1, 0.15) is 16.7 Å². The maximum Gasteiger partial charge on any atom is 0.305 e. The number of benzene rings is 2. The van der Waals surface area contributed by atoms with Gasteiger partial charge in [-0.25, -0.2) is 0 Å². The normalized spacial score (nSPS) is 14.7. The number of nitrogens with zero attached hydrogens (tertiary/aromatic N) is 1. The van der Waals surface area contributed by atoms with Crippen molar-refractivity contribution in [2.24, 2.45) is 0 Å². The Morgan fingerprint density at radius 2 is 1.94 bits per heavy atom. The number of hydrogen-bond acceptors (Lipinski definition) is 6. The molecule has 2 aromatic rings. The van der Waals surface area contributed by atoms with Crippen molar-refractivity contribution in [3.05, 3.63) is 69.0 Å². The second kappa shape index (κ2) is 12.9. The monoisotopic (exact) mass is 547 g/mol. The van der Waals surface area contributed by atoms with E-state index >= 15 is 0 Å². The highest BCUT2D eigenvalue weighted by molar-refractivity contribution is 9.10. The third-order valence-electron chi connectivity index (χ3n) is 4.91. The number of halogens is 1. The zero-order valence-corrected chi connectivity index (χ0v) is 21.6. The van der Waals surface area contributed by atoms with Gasteiger partial charge in [0.25, 0.3) is 5.91 Å². The highest BCUT2D eigenvalue weighted by Crippen LogP contribution is 2.33. The van der Waals surface area contributed by atoms with Crippen LogP contribution in [-0.4, -0.2) is 34.2 Å². The lowest BCUT2D eigenvalue weighted by Crippen LogP contribution is -2.29. The molecule has 1 amide bonds. The summed E-state index contributed by atoms with van der Waals surface area (Å²) >= 11 is 10.2. The average molecular weight is 549 g/mol. The number of amides is 1. The molecule has 0 atom stereocenters. The molecule has 0 unspecified atom stereocenters. The first-order chi connectivity index (χ1) is 16.0. The van der Waals surface area contributed by atoms with E-state index in [0.717, 1.165) is 40.6 Å². The smallest absolute Gasteiger partial charge is 0.305 e. The minimum absolute atomic E-state index is 0.0645. The molecular weight excluding hydrogens is 522 g/mol. The van der Waals surface area contributed by atoms with Crippen LogP contribution in [0.1, 0.15) is 43.7 Å². The van der Waals surface area contributed by atoms with Crippen LogP contribution in [0.4, 0.5) is 0 Å². The molecule has 2 aromatic carbocycles. The van der Waals surface area contributed by atoms with E-state index in [1.54, 1.807) is 11.8 Å². The van der Waals surface area contributed by atoms with Gasteiger partial charge in [-0.05, 0) is 61.2 Å². The number of ether oxygens (including phenoxy) is 2. The molecule has 0 spiro atoms. The van der Waals surface area contributed by atoms with Gasteiger partial charge in [0.15, 0.2) is 0 Å². The van der Waals surface area contributed by atoms with Gasteiger partial charge in [-0.2, -0.15) is 0 Å². The van der Waals surface area contributed by atoms with Crippen molar-refractivity contribution in [1.82, 2.24) is 4.90 Å². The Kier molecular flexibility index (Phi) is 9.96. The van der Waals surface area contributed by atoms with Crippen LogP contribution in [0.5, 0.6) is 5.75 Å². The molecule has 1 aliphatic rings. The Morgan fingerprint density at radius 3 is 2.67 bits per heavy atom. The minimum atomic E-state index is -0.171. The van der Waals surface area contributed by atoms with Crippen LogP contribution in [0, 0.1) is 0 Å². The van der Waals surface area contributed by atoms with Gasteiger partial charge in [-0.15, -0.1) is 0 Å². The fourth-order valence-electron chi connectivity index (χ4n) is 3.25. The summed E-state index contributed by atoms with van der Waals surface area (Å²) in [5, 5.41) is 0. The number of carbonyl (C=O) groups is 2. The molecule has 1 heterocycles. The van der Waals surface area contributed by atoms with Crippen molar-refractivity contribution >= 4 is 62.2 Å². The average Bonchev–Trinajstić information content (AvgIpc) is 3.06. The highest BCUT2D eigenvalue weighted by atomic mass is 79.9. The van der Waals surface area contributed by atoms with Crippen LogP contribution in [0.25, 0.3) is 6.08 Å². The number of hydrogen-bond donors (Lipinski definition) is 0. The Balaban J connectivity index is 1.48. The predicted octanol–water partition coefficient (Wildman–Crippen LogP) is 6.35. The predicted molar refractivity (Wildman–Crippen MR) is 140 cm³/mol. The maximum atomic E-state index is 12.8. The van der Waals surface area contributed by atoms with Crippen LogP contribution >= 0.6 is 39.9 Å². The van der Waals surface area contributed by atoms with Crippen molar-refractivity contribution in [3.8, 4) is 5.75 Å². The Bertz CT molecular complexity index is 1020. The number of carbonyl (C=O) groups excluding carboxylic acids is 2. The Hall–Kier alpha value is -2.16. The zero-order chi connectivity index (χ0) is 23.6. The molecule has 0 aliphatic carbocycles. The second-order valence-electron chi connectivity index (χ2n) is 7.44. The fourth-order valence-corrected chi connectivity index (χ4v) is 5.00. The van der Waals surface area contributed by atoms with Crippen LogP contribution in [0.3, 0.4) is 0 Å². The third kappa shape index (κ3) is 7.98. The molecular formula is C25H26BrNO4S2. The van der Waals surface area contributed by atoms with Gasteiger partial charge < -0.3 is 9.47 Å². The van der Waals surface area contributed by atoms with Crippen molar-refractivity contribution < 1.29 is 19.1 Å². The largest absolute Gasteiger partial charge is 0.489 e. The summed E-state index contributed by atoms with van der Waals surface area (Å²) in [6, 6.07) is 15.6. The SMILES string of the molecule is CCOC(=O)CCCCCN1C(=O)/C(=C\c2ccc(OCc3cccc(Br)c3)cc2)SC1=S. The Morgan fingerprint density at radius 1 is 1.15 bits per heavy atom. The van der Waals surface area contributed by atoms with Crippen molar-refractivity contribution in [2.45, 2.75) is 39.2 Å². The van der Waals surface area contributed by atoms with Gasteiger partial charge >= 0.3 is 5.97 Å². The topological polar surface area (TPSA) is 55.8 Å². The van der Waals surface area contributed by atoms with Gasteiger partial charge in [0, 0.05) is 17.4 Å². The summed E-state index contributed by atoms with van der Waals surface area (Å²) in [4.78, 5) is 26.4. The fraction of sp³-hybridized carbons (Fsp3) is 0.320. The molecule has 0 aromatic heterocycles. The highest BCUT2D eigenvalue weighted by Gasteiger charge is 2.31. The van der Waals surface area contributed by atoms with Crippen molar-refractivity contribution in [3.63, 3.8) is 0 Å². The van der Waals surface area contributed by atoms with E-state index < -0.39 is 0 Å². The maximum absolute atomic E-state index is 12.8. The molecule has 0 N–H and O–H groups in total. The van der Waals surface area contributed by atoms with Gasteiger partial charge in [0.05, 0.1) is 11.5 Å². The summed E-state index contributed by atoms with van der Waals surface area (Å²) < 4.78 is 12.4. The first kappa shape index (κ1) is 25.5. The van der Waals surface area contributed by atoms with Crippen LogP contribution in [-0.2, 0) is 20.9 Å². The Labute approximate surface area is 212 Å². The van der Waals surface area contributed by atoms with E-state index in [2.05, 4.69) is 15.9 Å². The number of esters is 1. The number of thioether (sulfide) groups is 1. The first-order valence-electron chi connectivity index (χ1n) is 10.8. The van der Waals surface area contributed by atoms with Gasteiger partial charge in [0.2, 0.25) is 0 Å². The summed E-state index contributed by atoms with van der Waals surface area (Å²) in [6.45, 7) is 3.25. The van der Waals surface area contributed by atoms with E-state index in [4.69, 9.17) is 21.7 Å². The van der Waals surface area contributed by atoms with E-state index in [9.17, 15) is 9.59 Å². The molecule has 33 heavy (non-hydrogen) atoms. The summed E-state index contributed by atoms with van der Waals surface area (Å²) in [5.41, 5.74) is 2.00. The van der Waals surface area contributed by atoms with E-state index in [0.29, 0.717) is 35.4 Å². The van der Waals surface area contributed by atoms with E-state index in [1.807, 2.05) is 54.6 Å². The quantitative estimate of drug-likeness (QED) is 0.141. The molecule has 0 bridgehead atoms. The molecule has 174 valence electrons. The standard InChI is InChI=1S/C25H26BrNO4S2/c1-2-30-23(28)9-4-3-5-14-27-24(29)22(33-25(27)32)16-18-10-12-21(13-11-18)31-17-19-7-6-8-20(26)15-19/h6-8,10-13,15-16H,2-5,9,14,17H2,1H3/b22-16+. The van der Waals surface area contributed by atoms with Crippen LogP contribution in [0.15, 0.2) is 57.9 Å². The lowest BCUT2D eigenvalue weighted by molar-refractivity contribution is -0.143. The lowest BCUT2D eigenvalue weighted by Gasteiger charge is -2.13. The van der Waals surface area contributed by atoms with E-state index in [-0.39, 0.29) is 11.9 Å². The molecule has 1 aliphatic heterocycles. The minimum Gasteiger partial charge on any atom is -0.489 e. The van der Waals surface area contributed by atoms with Crippen LogP contribution in [0.2, 0.25) is 0 Å². The summed E-state index contributed by atoms with van der Waals surface area (Å²) in [6.07, 6.45) is 4.66. The number of thiocarbonyl (C=S) groups is 1. The lowest BCUT2D eigenvalue weighted by atomic mass is 10.2. The molecule has 5 nitrogen and oxygen atoms in total. The summed E-state index contributed by atoms with van der Waals surface area (Å²) in [7, 11) is 0. The number of unbranched alkanes of at least 4 members (excludes halogenated alkanes) is 2. The molecule has 1 saturated heterocycles. The van der Waals surface area contributed by atoms with Crippen molar-refractivity contribution in [1.29, 1.82) is 0 Å². The molecule has 0 saturated carbocycles.